The first-order valence-corrected chi connectivity index (χ1v) is 8.86. The van der Waals surface area contributed by atoms with Gasteiger partial charge in [-0.3, -0.25) is 4.89 Å². The standard InChI is InChI=1S/C19H20FNO5/c20-14-5-3-4-13(12-14)19(24-16(22)6-7-17(23)25-26-19)15-8-11-18(21-15)9-1-2-10-18/h3-7,12,15,21H,1-2,8-11H2/b7-6-/t15-,19-/m1/s1. The fourth-order valence-electron chi connectivity index (χ4n) is 4.28. The summed E-state index contributed by atoms with van der Waals surface area (Å²) in [5.41, 5.74) is 0.240. The smallest absolute Gasteiger partial charge is 0.366 e. The van der Waals surface area contributed by atoms with Crippen molar-refractivity contribution in [3.05, 3.63) is 47.8 Å². The van der Waals surface area contributed by atoms with Crippen LogP contribution in [0.2, 0.25) is 0 Å². The third-order valence-electron chi connectivity index (χ3n) is 5.49. The SMILES string of the molecule is O=C1/C=C\C(=O)O[C@@](c2cccc(F)c2)([C@H]2CCC3(CCCC3)N2)OO1. The summed E-state index contributed by atoms with van der Waals surface area (Å²) < 4.78 is 19.5. The number of carbonyl (C=O) groups excluding carboxylic acids is 2. The van der Waals surface area contributed by atoms with Crippen LogP contribution in [0.3, 0.4) is 0 Å². The average molecular weight is 361 g/mol. The number of nitrogens with one attached hydrogen (secondary N) is 1. The number of ether oxygens (including phenoxy) is 1. The molecule has 0 bridgehead atoms. The Bertz CT molecular complexity index is 758. The average Bonchev–Trinajstić information content (AvgIpc) is 3.26. The van der Waals surface area contributed by atoms with Crippen molar-refractivity contribution < 1.29 is 28.5 Å². The van der Waals surface area contributed by atoms with Crippen LogP contribution in [0.5, 0.6) is 0 Å². The molecule has 3 aliphatic rings. The molecule has 1 aromatic rings. The van der Waals surface area contributed by atoms with Crippen molar-refractivity contribution in [3.8, 4) is 0 Å². The van der Waals surface area contributed by atoms with Crippen LogP contribution in [-0.2, 0) is 29.9 Å². The molecule has 0 radical (unpaired) electrons. The highest BCUT2D eigenvalue weighted by atomic mass is 19.1. The molecule has 1 saturated carbocycles. The highest BCUT2D eigenvalue weighted by Gasteiger charge is 2.55. The Morgan fingerprint density at radius 2 is 1.85 bits per heavy atom. The summed E-state index contributed by atoms with van der Waals surface area (Å²) >= 11 is 0. The van der Waals surface area contributed by atoms with Crippen molar-refractivity contribution in [2.45, 2.75) is 55.9 Å². The maximum atomic E-state index is 13.9. The van der Waals surface area contributed by atoms with Gasteiger partial charge in [-0.05, 0) is 37.8 Å². The minimum Gasteiger partial charge on any atom is -0.420 e. The molecule has 2 atom stereocenters. The molecular weight excluding hydrogens is 341 g/mol. The number of cyclic esters (lactones) is 1. The quantitative estimate of drug-likeness (QED) is 0.645. The molecule has 138 valence electrons. The predicted molar refractivity (Wildman–Crippen MR) is 87.8 cm³/mol. The van der Waals surface area contributed by atoms with E-state index in [2.05, 4.69) is 5.32 Å². The van der Waals surface area contributed by atoms with Gasteiger partial charge in [-0.2, -0.15) is 0 Å². The monoisotopic (exact) mass is 361 g/mol. The van der Waals surface area contributed by atoms with E-state index in [-0.39, 0.29) is 11.1 Å². The van der Waals surface area contributed by atoms with Crippen molar-refractivity contribution in [2.24, 2.45) is 0 Å². The molecule has 0 unspecified atom stereocenters. The molecule has 1 N–H and O–H groups in total. The Labute approximate surface area is 150 Å². The molecule has 7 heteroatoms. The second-order valence-corrected chi connectivity index (χ2v) is 7.14. The zero-order chi connectivity index (χ0) is 18.2. The molecule has 1 saturated heterocycles. The molecule has 4 rings (SSSR count). The fourth-order valence-corrected chi connectivity index (χ4v) is 4.28. The summed E-state index contributed by atoms with van der Waals surface area (Å²) in [4.78, 5) is 34.1. The van der Waals surface area contributed by atoms with E-state index in [9.17, 15) is 14.0 Å². The zero-order valence-electron chi connectivity index (χ0n) is 14.2. The third kappa shape index (κ3) is 3.01. The summed E-state index contributed by atoms with van der Waals surface area (Å²) in [6, 6.07) is 5.14. The highest BCUT2D eigenvalue weighted by Crippen LogP contribution is 2.45. The normalized spacial score (nSPS) is 32.0. The van der Waals surface area contributed by atoms with Crippen LogP contribution in [0.25, 0.3) is 0 Å². The lowest BCUT2D eigenvalue weighted by molar-refractivity contribution is -0.407. The lowest BCUT2D eigenvalue weighted by atomic mass is 9.94. The van der Waals surface area contributed by atoms with E-state index < -0.39 is 29.6 Å². The Kier molecular flexibility index (Phi) is 4.28. The summed E-state index contributed by atoms with van der Waals surface area (Å²) in [6.45, 7) is 0. The van der Waals surface area contributed by atoms with Crippen molar-refractivity contribution in [2.75, 3.05) is 0 Å². The van der Waals surface area contributed by atoms with E-state index in [1.165, 1.54) is 18.2 Å². The number of rotatable bonds is 2. The van der Waals surface area contributed by atoms with Gasteiger partial charge in [-0.1, -0.05) is 25.0 Å². The second-order valence-electron chi connectivity index (χ2n) is 7.14. The van der Waals surface area contributed by atoms with Crippen molar-refractivity contribution in [1.82, 2.24) is 5.32 Å². The molecule has 2 aliphatic heterocycles. The summed E-state index contributed by atoms with van der Waals surface area (Å²) in [5, 5.41) is 3.54. The summed E-state index contributed by atoms with van der Waals surface area (Å²) in [6.07, 6.45) is 7.75. The van der Waals surface area contributed by atoms with Crippen LogP contribution in [-0.4, -0.2) is 23.5 Å². The Morgan fingerprint density at radius 1 is 1.08 bits per heavy atom. The van der Waals surface area contributed by atoms with Crippen LogP contribution in [0, 0.1) is 5.82 Å². The van der Waals surface area contributed by atoms with Crippen molar-refractivity contribution >= 4 is 11.9 Å². The molecular formula is C19H20FNO5. The first-order valence-electron chi connectivity index (χ1n) is 8.86. The fraction of sp³-hybridized carbons (Fsp3) is 0.474. The highest BCUT2D eigenvalue weighted by molar-refractivity contribution is 5.92. The van der Waals surface area contributed by atoms with Gasteiger partial charge in [0.1, 0.15) is 5.82 Å². The summed E-state index contributed by atoms with van der Waals surface area (Å²) in [7, 11) is 0. The Balaban J connectivity index is 1.75. The van der Waals surface area contributed by atoms with Crippen LogP contribution >= 0.6 is 0 Å². The van der Waals surface area contributed by atoms with E-state index in [1.54, 1.807) is 6.07 Å². The molecule has 26 heavy (non-hydrogen) atoms. The number of hydrogen-bond acceptors (Lipinski definition) is 6. The van der Waals surface area contributed by atoms with Gasteiger partial charge in [0.15, 0.2) is 0 Å². The lowest BCUT2D eigenvalue weighted by Crippen LogP contribution is -2.54. The van der Waals surface area contributed by atoms with Crippen LogP contribution in [0.1, 0.15) is 44.1 Å². The first-order chi connectivity index (χ1) is 12.5. The lowest BCUT2D eigenvalue weighted by Gasteiger charge is -2.38. The van der Waals surface area contributed by atoms with E-state index in [1.807, 2.05) is 0 Å². The molecule has 0 aromatic heterocycles. The van der Waals surface area contributed by atoms with Crippen LogP contribution < -0.4 is 5.32 Å². The van der Waals surface area contributed by atoms with Gasteiger partial charge in [0.25, 0.3) is 5.79 Å². The molecule has 0 amide bonds. The topological polar surface area (TPSA) is 73.9 Å². The van der Waals surface area contributed by atoms with E-state index >= 15 is 0 Å². The van der Waals surface area contributed by atoms with Crippen molar-refractivity contribution in [1.29, 1.82) is 0 Å². The molecule has 6 nitrogen and oxygen atoms in total. The summed E-state index contributed by atoms with van der Waals surface area (Å²) in [5.74, 6) is -3.82. The predicted octanol–water partition coefficient (Wildman–Crippen LogP) is 2.63. The molecule has 1 aliphatic carbocycles. The van der Waals surface area contributed by atoms with Gasteiger partial charge in [0, 0.05) is 23.3 Å². The second kappa shape index (κ2) is 6.48. The molecule has 2 fully saturated rings. The minimum atomic E-state index is -1.74. The van der Waals surface area contributed by atoms with Gasteiger partial charge >= 0.3 is 11.9 Å². The maximum absolute atomic E-state index is 13.9. The third-order valence-corrected chi connectivity index (χ3v) is 5.49. The molecule has 1 spiro atoms. The largest absolute Gasteiger partial charge is 0.420 e. The van der Waals surface area contributed by atoms with Crippen LogP contribution in [0.15, 0.2) is 36.4 Å². The zero-order valence-corrected chi connectivity index (χ0v) is 14.2. The number of benzene rings is 1. The van der Waals surface area contributed by atoms with E-state index in [4.69, 9.17) is 14.5 Å². The maximum Gasteiger partial charge on any atom is 0.366 e. The van der Waals surface area contributed by atoms with Crippen LogP contribution in [0.4, 0.5) is 4.39 Å². The van der Waals surface area contributed by atoms with Gasteiger partial charge < -0.3 is 10.1 Å². The Morgan fingerprint density at radius 3 is 2.62 bits per heavy atom. The molecule has 1 aromatic carbocycles. The molecule has 2 heterocycles. The Hall–Kier alpha value is -2.25. The number of halogens is 1. The van der Waals surface area contributed by atoms with Gasteiger partial charge in [-0.15, -0.1) is 4.89 Å². The number of hydrogen-bond donors (Lipinski definition) is 1. The van der Waals surface area contributed by atoms with Crippen molar-refractivity contribution in [3.63, 3.8) is 0 Å². The van der Waals surface area contributed by atoms with Gasteiger partial charge in [0.05, 0.1) is 6.04 Å². The van der Waals surface area contributed by atoms with Gasteiger partial charge in [-0.25, -0.2) is 14.0 Å². The number of carbonyl (C=O) groups is 2. The van der Waals surface area contributed by atoms with E-state index in [0.717, 1.165) is 44.3 Å². The van der Waals surface area contributed by atoms with E-state index in [0.29, 0.717) is 6.42 Å². The van der Waals surface area contributed by atoms with Gasteiger partial charge in [0.2, 0.25) is 0 Å². The first kappa shape index (κ1) is 17.2. The minimum absolute atomic E-state index is 0.0387. The number of esters is 1.